The maximum Gasteiger partial charge on any atom is 0.121 e. The molecule has 0 unspecified atom stereocenters. The van der Waals surface area contributed by atoms with E-state index in [9.17, 15) is 4.79 Å². The summed E-state index contributed by atoms with van der Waals surface area (Å²) in [7, 11) is 0. The average molecular weight is 167 g/mol. The molecule has 1 aliphatic carbocycles. The summed E-state index contributed by atoms with van der Waals surface area (Å²) in [6.45, 7) is 1.16. The Hall–Kier alpha value is -0.370. The first-order valence-corrected chi connectivity index (χ1v) is 5.02. The van der Waals surface area contributed by atoms with E-state index < -0.39 is 0 Å². The molecule has 2 fully saturated rings. The molecule has 12 heavy (non-hydrogen) atoms. The van der Waals surface area contributed by atoms with Crippen molar-refractivity contribution in [3.05, 3.63) is 0 Å². The molecular formula is C10H17NO. The van der Waals surface area contributed by atoms with Crippen LogP contribution in [-0.2, 0) is 4.79 Å². The Balaban J connectivity index is 1.91. The predicted molar refractivity (Wildman–Crippen MR) is 48.0 cm³/mol. The molecule has 2 heteroatoms. The summed E-state index contributed by atoms with van der Waals surface area (Å²) in [4.78, 5) is 10.3. The second-order valence-corrected chi connectivity index (χ2v) is 4.39. The summed E-state index contributed by atoms with van der Waals surface area (Å²) in [5, 5.41) is 3.46. The lowest BCUT2D eigenvalue weighted by molar-refractivity contribution is -0.108. The molecule has 1 spiro atoms. The molecule has 0 aromatic carbocycles. The van der Waals surface area contributed by atoms with Crippen LogP contribution in [0, 0.1) is 5.41 Å². The highest BCUT2D eigenvalue weighted by atomic mass is 16.1. The van der Waals surface area contributed by atoms with Crippen LogP contribution >= 0.6 is 0 Å². The molecule has 0 bridgehead atoms. The van der Waals surface area contributed by atoms with E-state index in [1.165, 1.54) is 32.1 Å². The minimum atomic E-state index is 0.487. The smallest absolute Gasteiger partial charge is 0.121 e. The van der Waals surface area contributed by atoms with Crippen molar-refractivity contribution in [2.45, 2.75) is 44.6 Å². The first-order chi connectivity index (χ1) is 5.85. The maximum atomic E-state index is 10.3. The molecule has 68 valence electrons. The van der Waals surface area contributed by atoms with E-state index in [0.29, 0.717) is 17.9 Å². The van der Waals surface area contributed by atoms with Crippen LogP contribution < -0.4 is 5.32 Å². The van der Waals surface area contributed by atoms with Gasteiger partial charge < -0.3 is 10.1 Å². The van der Waals surface area contributed by atoms with Crippen molar-refractivity contribution in [3.63, 3.8) is 0 Å². The molecule has 0 radical (unpaired) electrons. The molecule has 2 rings (SSSR count). The third-order valence-electron chi connectivity index (χ3n) is 3.49. The summed E-state index contributed by atoms with van der Waals surface area (Å²) < 4.78 is 0. The van der Waals surface area contributed by atoms with Gasteiger partial charge in [-0.3, -0.25) is 0 Å². The van der Waals surface area contributed by atoms with E-state index in [0.717, 1.165) is 12.8 Å². The van der Waals surface area contributed by atoms with Gasteiger partial charge in [-0.25, -0.2) is 0 Å². The van der Waals surface area contributed by atoms with Crippen LogP contribution in [0.25, 0.3) is 0 Å². The Bertz CT molecular complexity index is 173. The Morgan fingerprint density at radius 2 is 2.17 bits per heavy atom. The molecule has 2 aliphatic rings. The molecule has 1 aliphatic heterocycles. The topological polar surface area (TPSA) is 29.1 Å². The van der Waals surface area contributed by atoms with Gasteiger partial charge >= 0.3 is 0 Å². The van der Waals surface area contributed by atoms with Gasteiger partial charge in [0.1, 0.15) is 6.29 Å². The lowest BCUT2D eigenvalue weighted by atomic mass is 9.83. The molecule has 1 atom stereocenters. The third kappa shape index (κ3) is 1.40. The predicted octanol–water partition coefficient (Wildman–Crippen LogP) is 1.50. The molecule has 0 aromatic heterocycles. The number of rotatable bonds is 2. The van der Waals surface area contributed by atoms with Gasteiger partial charge in [0.25, 0.3) is 0 Å². The fourth-order valence-corrected chi connectivity index (χ4v) is 2.82. The summed E-state index contributed by atoms with van der Waals surface area (Å²) in [6.07, 6.45) is 8.56. The summed E-state index contributed by atoms with van der Waals surface area (Å²) in [5.74, 6) is 0. The monoisotopic (exact) mass is 167 g/mol. The first-order valence-electron chi connectivity index (χ1n) is 5.02. The van der Waals surface area contributed by atoms with Gasteiger partial charge in [0, 0.05) is 19.0 Å². The Morgan fingerprint density at radius 3 is 2.83 bits per heavy atom. The van der Waals surface area contributed by atoms with Crippen molar-refractivity contribution in [1.82, 2.24) is 5.32 Å². The van der Waals surface area contributed by atoms with Crippen LogP contribution in [0.4, 0.5) is 0 Å². The van der Waals surface area contributed by atoms with Crippen molar-refractivity contribution >= 4 is 6.29 Å². The zero-order chi connectivity index (χ0) is 8.44. The number of carbonyl (C=O) groups is 1. The molecule has 1 saturated carbocycles. The summed E-state index contributed by atoms with van der Waals surface area (Å²) in [5.41, 5.74) is 0.591. The first kappa shape index (κ1) is 8.24. The van der Waals surface area contributed by atoms with E-state index in [-0.39, 0.29) is 0 Å². The van der Waals surface area contributed by atoms with Crippen LogP contribution in [0.5, 0.6) is 0 Å². The van der Waals surface area contributed by atoms with Crippen molar-refractivity contribution in [2.75, 3.05) is 6.54 Å². The summed E-state index contributed by atoms with van der Waals surface area (Å²) >= 11 is 0. The number of carbonyl (C=O) groups excluding carboxylic acids is 1. The third-order valence-corrected chi connectivity index (χ3v) is 3.49. The fraction of sp³-hybridized carbons (Fsp3) is 0.900. The van der Waals surface area contributed by atoms with Crippen molar-refractivity contribution < 1.29 is 4.79 Å². The second kappa shape index (κ2) is 3.17. The number of hydrogen-bond donors (Lipinski definition) is 1. The van der Waals surface area contributed by atoms with Gasteiger partial charge in [-0.2, -0.15) is 0 Å². The van der Waals surface area contributed by atoms with E-state index >= 15 is 0 Å². The van der Waals surface area contributed by atoms with Gasteiger partial charge in [0.15, 0.2) is 0 Å². The van der Waals surface area contributed by atoms with E-state index in [1.54, 1.807) is 0 Å². The quantitative estimate of drug-likeness (QED) is 0.631. The molecule has 0 amide bonds. The van der Waals surface area contributed by atoms with Crippen LogP contribution in [-0.4, -0.2) is 18.9 Å². The highest BCUT2D eigenvalue weighted by molar-refractivity contribution is 5.50. The standard InChI is InChI=1S/C10H17NO/c12-6-3-9-7-10(8-11-9)4-1-2-5-10/h6,9,11H,1-5,7-8H2/t9-/m1/s1. The summed E-state index contributed by atoms with van der Waals surface area (Å²) in [6, 6.07) is 0.487. The Kier molecular flexibility index (Phi) is 2.18. The zero-order valence-electron chi connectivity index (χ0n) is 7.51. The SMILES string of the molecule is O=CC[C@@H]1CC2(CCCC2)CN1. The van der Waals surface area contributed by atoms with Gasteiger partial charge in [-0.05, 0) is 24.7 Å². The van der Waals surface area contributed by atoms with Crippen LogP contribution in [0.2, 0.25) is 0 Å². The van der Waals surface area contributed by atoms with Crippen LogP contribution in [0.15, 0.2) is 0 Å². The Labute approximate surface area is 73.7 Å². The normalized spacial score (nSPS) is 32.8. The molecule has 1 N–H and O–H groups in total. The maximum absolute atomic E-state index is 10.3. The number of nitrogens with one attached hydrogen (secondary N) is 1. The van der Waals surface area contributed by atoms with Gasteiger partial charge in [-0.15, -0.1) is 0 Å². The van der Waals surface area contributed by atoms with Gasteiger partial charge in [0.05, 0.1) is 0 Å². The molecule has 2 nitrogen and oxygen atoms in total. The minimum absolute atomic E-state index is 0.487. The lowest BCUT2D eigenvalue weighted by Crippen LogP contribution is -2.22. The highest BCUT2D eigenvalue weighted by Crippen LogP contribution is 2.44. The molecular weight excluding hydrogens is 150 g/mol. The minimum Gasteiger partial charge on any atom is -0.313 e. The largest absolute Gasteiger partial charge is 0.313 e. The van der Waals surface area contributed by atoms with E-state index in [2.05, 4.69) is 5.32 Å². The zero-order valence-corrected chi connectivity index (χ0v) is 7.51. The van der Waals surface area contributed by atoms with Gasteiger partial charge in [-0.1, -0.05) is 12.8 Å². The fourth-order valence-electron chi connectivity index (χ4n) is 2.82. The van der Waals surface area contributed by atoms with Gasteiger partial charge in [0.2, 0.25) is 0 Å². The lowest BCUT2D eigenvalue weighted by Gasteiger charge is -2.20. The van der Waals surface area contributed by atoms with Crippen molar-refractivity contribution in [1.29, 1.82) is 0 Å². The second-order valence-electron chi connectivity index (χ2n) is 4.39. The van der Waals surface area contributed by atoms with E-state index in [4.69, 9.17) is 0 Å². The molecule has 1 heterocycles. The van der Waals surface area contributed by atoms with Crippen molar-refractivity contribution in [3.8, 4) is 0 Å². The highest BCUT2D eigenvalue weighted by Gasteiger charge is 2.40. The van der Waals surface area contributed by atoms with Crippen molar-refractivity contribution in [2.24, 2.45) is 5.41 Å². The number of hydrogen-bond acceptors (Lipinski definition) is 2. The Morgan fingerprint density at radius 1 is 1.42 bits per heavy atom. The van der Waals surface area contributed by atoms with Crippen LogP contribution in [0.3, 0.4) is 0 Å². The molecule has 0 aromatic rings. The average Bonchev–Trinajstić information content (AvgIpc) is 2.65. The molecule has 1 saturated heterocycles. The van der Waals surface area contributed by atoms with E-state index in [1.807, 2.05) is 0 Å². The number of aldehydes is 1. The van der Waals surface area contributed by atoms with Crippen LogP contribution in [0.1, 0.15) is 38.5 Å².